The summed E-state index contributed by atoms with van der Waals surface area (Å²) in [5.74, 6) is 2.29. The monoisotopic (exact) mass is 551 g/mol. The van der Waals surface area contributed by atoms with Gasteiger partial charge in [0.1, 0.15) is 16.7 Å². The van der Waals surface area contributed by atoms with Gasteiger partial charge in [-0.15, -0.1) is 0 Å². The van der Waals surface area contributed by atoms with E-state index in [1.54, 1.807) is 29.2 Å². The highest BCUT2D eigenvalue weighted by Crippen LogP contribution is 2.36. The Morgan fingerprint density at radius 1 is 0.900 bits per heavy atom. The van der Waals surface area contributed by atoms with Crippen LogP contribution in [0.1, 0.15) is 12.0 Å². The number of ether oxygens (including phenoxy) is 3. The molecule has 2 heterocycles. The standard InChI is InChI=1S/C31H25N3O5S/c35-29(32-23-12-14-25(15-13-23)39-24-9-5-2-6-10-24)18-28-30(36)34(31(40-28)33-22-7-3-1-4-8-22)19-21-11-16-26-27(17-21)38-20-37-26/h1-17,28H,18-20H2,(H,32,35)/t28-/m0/s1. The van der Waals surface area contributed by atoms with Gasteiger partial charge in [0.2, 0.25) is 18.6 Å². The molecule has 0 radical (unpaired) electrons. The molecule has 4 aromatic rings. The van der Waals surface area contributed by atoms with E-state index in [1.807, 2.05) is 78.9 Å². The normalized spacial score (nSPS) is 16.8. The van der Waals surface area contributed by atoms with Crippen molar-refractivity contribution in [3.05, 3.63) is 109 Å². The van der Waals surface area contributed by atoms with Crippen LogP contribution in [-0.2, 0) is 16.1 Å². The zero-order valence-electron chi connectivity index (χ0n) is 21.4. The number of nitrogens with one attached hydrogen (secondary N) is 1. The predicted octanol–water partition coefficient (Wildman–Crippen LogP) is 6.37. The molecule has 2 aliphatic rings. The van der Waals surface area contributed by atoms with Crippen LogP contribution in [0.2, 0.25) is 0 Å². The molecule has 4 aromatic carbocycles. The van der Waals surface area contributed by atoms with Crippen LogP contribution in [0.5, 0.6) is 23.0 Å². The molecule has 0 aliphatic carbocycles. The summed E-state index contributed by atoms with van der Waals surface area (Å²) in [6, 6.07) is 31.6. The minimum Gasteiger partial charge on any atom is -0.457 e. The van der Waals surface area contributed by atoms with Crippen molar-refractivity contribution in [3.63, 3.8) is 0 Å². The Bertz CT molecular complexity index is 1540. The van der Waals surface area contributed by atoms with Gasteiger partial charge in [-0.1, -0.05) is 54.2 Å². The van der Waals surface area contributed by atoms with Gasteiger partial charge in [-0.2, -0.15) is 0 Å². The molecule has 1 fully saturated rings. The number of nitrogens with zero attached hydrogens (tertiary/aromatic N) is 2. The van der Waals surface area contributed by atoms with Crippen molar-refractivity contribution in [2.45, 2.75) is 18.2 Å². The molecular formula is C31H25N3O5S. The molecule has 8 nitrogen and oxygen atoms in total. The summed E-state index contributed by atoms with van der Waals surface area (Å²) in [4.78, 5) is 32.8. The molecule has 200 valence electrons. The first-order valence-corrected chi connectivity index (χ1v) is 13.6. The van der Waals surface area contributed by atoms with Crippen LogP contribution >= 0.6 is 11.8 Å². The lowest BCUT2D eigenvalue weighted by molar-refractivity contribution is -0.128. The second-order valence-electron chi connectivity index (χ2n) is 9.14. The van der Waals surface area contributed by atoms with Crippen molar-refractivity contribution in [2.75, 3.05) is 12.1 Å². The number of aliphatic imine (C=N–C) groups is 1. The maximum absolute atomic E-state index is 13.5. The maximum atomic E-state index is 13.5. The Morgan fingerprint density at radius 2 is 1.60 bits per heavy atom. The van der Waals surface area contributed by atoms with E-state index >= 15 is 0 Å². The number of carbonyl (C=O) groups excluding carboxylic acids is 2. The lowest BCUT2D eigenvalue weighted by Crippen LogP contribution is -2.33. The van der Waals surface area contributed by atoms with Gasteiger partial charge in [-0.05, 0) is 66.2 Å². The number of anilines is 1. The molecular weight excluding hydrogens is 526 g/mol. The van der Waals surface area contributed by atoms with Crippen molar-refractivity contribution in [1.82, 2.24) is 4.90 Å². The van der Waals surface area contributed by atoms with Crippen LogP contribution in [0, 0.1) is 0 Å². The van der Waals surface area contributed by atoms with E-state index in [1.165, 1.54) is 11.8 Å². The molecule has 40 heavy (non-hydrogen) atoms. The largest absolute Gasteiger partial charge is 0.457 e. The van der Waals surface area contributed by atoms with Crippen LogP contribution < -0.4 is 19.5 Å². The van der Waals surface area contributed by atoms with Gasteiger partial charge in [-0.25, -0.2) is 4.99 Å². The van der Waals surface area contributed by atoms with Gasteiger partial charge in [-0.3, -0.25) is 14.5 Å². The van der Waals surface area contributed by atoms with Gasteiger partial charge in [0.05, 0.1) is 12.2 Å². The van der Waals surface area contributed by atoms with Crippen LogP contribution in [0.3, 0.4) is 0 Å². The topological polar surface area (TPSA) is 89.5 Å². The third-order valence-corrected chi connectivity index (χ3v) is 7.44. The van der Waals surface area contributed by atoms with E-state index in [4.69, 9.17) is 19.2 Å². The van der Waals surface area contributed by atoms with Gasteiger partial charge in [0.15, 0.2) is 16.7 Å². The molecule has 2 aliphatic heterocycles. The van der Waals surface area contributed by atoms with Crippen LogP contribution in [0.15, 0.2) is 108 Å². The van der Waals surface area contributed by atoms with Crippen molar-refractivity contribution < 1.29 is 23.8 Å². The van der Waals surface area contributed by atoms with Gasteiger partial charge < -0.3 is 19.5 Å². The molecule has 1 N–H and O–H groups in total. The predicted molar refractivity (Wildman–Crippen MR) is 154 cm³/mol. The summed E-state index contributed by atoms with van der Waals surface area (Å²) in [6.07, 6.45) is 0.0111. The van der Waals surface area contributed by atoms with E-state index in [9.17, 15) is 9.59 Å². The first kappa shape index (κ1) is 25.5. The maximum Gasteiger partial charge on any atom is 0.242 e. The smallest absolute Gasteiger partial charge is 0.242 e. The van der Waals surface area contributed by atoms with E-state index in [-0.39, 0.29) is 25.0 Å². The van der Waals surface area contributed by atoms with Crippen molar-refractivity contribution in [3.8, 4) is 23.0 Å². The molecule has 6 rings (SSSR count). The quantitative estimate of drug-likeness (QED) is 0.274. The molecule has 0 unspecified atom stereocenters. The zero-order chi connectivity index (χ0) is 27.3. The fourth-order valence-corrected chi connectivity index (χ4v) is 5.47. The minimum atomic E-state index is -0.600. The third kappa shape index (κ3) is 5.94. The highest BCUT2D eigenvalue weighted by Gasteiger charge is 2.39. The summed E-state index contributed by atoms with van der Waals surface area (Å²) >= 11 is 1.30. The number of benzene rings is 4. The molecule has 1 atom stereocenters. The number of hydrogen-bond acceptors (Lipinski definition) is 7. The minimum absolute atomic E-state index is 0.0111. The lowest BCUT2D eigenvalue weighted by atomic mass is 10.1. The highest BCUT2D eigenvalue weighted by molar-refractivity contribution is 8.15. The third-order valence-electron chi connectivity index (χ3n) is 6.27. The Morgan fingerprint density at radius 3 is 2.38 bits per heavy atom. The lowest BCUT2D eigenvalue weighted by Gasteiger charge is -2.17. The summed E-state index contributed by atoms with van der Waals surface area (Å²) in [7, 11) is 0. The molecule has 9 heteroatoms. The Labute approximate surface area is 235 Å². The van der Waals surface area contributed by atoms with Crippen molar-refractivity contribution in [1.29, 1.82) is 0 Å². The molecule has 2 amide bonds. The number of fused-ring (bicyclic) bond motifs is 1. The van der Waals surface area contributed by atoms with E-state index in [0.29, 0.717) is 34.6 Å². The average molecular weight is 552 g/mol. The molecule has 0 spiro atoms. The fourth-order valence-electron chi connectivity index (χ4n) is 4.32. The summed E-state index contributed by atoms with van der Waals surface area (Å²) in [5.41, 5.74) is 2.23. The number of para-hydroxylation sites is 2. The SMILES string of the molecule is O=C(C[C@@H]1SC(=Nc2ccccc2)N(Cc2ccc3c(c2)OCO3)C1=O)Nc1ccc(Oc2ccccc2)cc1. The van der Waals surface area contributed by atoms with Crippen LogP contribution in [-0.4, -0.2) is 33.9 Å². The second-order valence-corrected chi connectivity index (χ2v) is 10.3. The Balaban J connectivity index is 1.14. The molecule has 0 saturated carbocycles. The first-order chi connectivity index (χ1) is 19.6. The molecule has 1 saturated heterocycles. The van der Waals surface area contributed by atoms with Gasteiger partial charge >= 0.3 is 0 Å². The summed E-state index contributed by atoms with van der Waals surface area (Å²) in [5, 5.41) is 2.84. The van der Waals surface area contributed by atoms with Crippen molar-refractivity contribution >= 4 is 40.1 Å². The molecule has 0 aromatic heterocycles. The van der Waals surface area contributed by atoms with E-state index in [2.05, 4.69) is 5.32 Å². The van der Waals surface area contributed by atoms with Crippen LogP contribution in [0.25, 0.3) is 0 Å². The zero-order valence-corrected chi connectivity index (χ0v) is 22.2. The van der Waals surface area contributed by atoms with E-state index in [0.717, 1.165) is 17.0 Å². The van der Waals surface area contributed by atoms with Crippen LogP contribution in [0.4, 0.5) is 11.4 Å². The van der Waals surface area contributed by atoms with Gasteiger partial charge in [0, 0.05) is 12.1 Å². The second kappa shape index (κ2) is 11.5. The first-order valence-electron chi connectivity index (χ1n) is 12.7. The number of rotatable bonds is 8. The molecule has 0 bridgehead atoms. The number of thioether (sulfide) groups is 1. The Hall–Kier alpha value is -4.76. The number of hydrogen-bond donors (Lipinski definition) is 1. The number of amidine groups is 1. The highest BCUT2D eigenvalue weighted by atomic mass is 32.2. The number of amides is 2. The fraction of sp³-hybridized carbons (Fsp3) is 0.129. The summed E-state index contributed by atoms with van der Waals surface area (Å²) < 4.78 is 16.7. The number of carbonyl (C=O) groups is 2. The van der Waals surface area contributed by atoms with E-state index < -0.39 is 5.25 Å². The van der Waals surface area contributed by atoms with Crippen molar-refractivity contribution in [2.24, 2.45) is 4.99 Å². The Kier molecular flexibility index (Phi) is 7.37. The average Bonchev–Trinajstić information content (AvgIpc) is 3.55. The summed E-state index contributed by atoms with van der Waals surface area (Å²) in [6.45, 7) is 0.479. The van der Waals surface area contributed by atoms with Gasteiger partial charge in [0.25, 0.3) is 0 Å².